The van der Waals surface area contributed by atoms with Crippen molar-refractivity contribution in [1.82, 2.24) is 0 Å². The zero-order chi connectivity index (χ0) is 18.0. The van der Waals surface area contributed by atoms with Crippen LogP contribution in [0.2, 0.25) is 0 Å². The molecule has 1 saturated heterocycles. The molecule has 0 saturated carbocycles. The summed E-state index contributed by atoms with van der Waals surface area (Å²) >= 11 is 4.31. The Labute approximate surface area is 157 Å². The molecule has 25 heavy (non-hydrogen) atoms. The predicted molar refractivity (Wildman–Crippen MR) is 102 cm³/mol. The number of carbonyl (C=O) groups excluding carboxylic acids is 2. The van der Waals surface area contributed by atoms with Crippen LogP contribution in [0.1, 0.15) is 5.56 Å². The molecule has 0 spiro atoms. The smallest absolute Gasteiger partial charge is 0.298 e. The lowest BCUT2D eigenvalue weighted by Crippen LogP contribution is -2.28. The molecule has 1 aliphatic heterocycles. The third-order valence-corrected chi connectivity index (χ3v) is 5.08. The van der Waals surface area contributed by atoms with Crippen molar-refractivity contribution in [2.24, 2.45) is 0 Å². The molecule has 0 bridgehead atoms. The van der Waals surface area contributed by atoms with Gasteiger partial charge in [-0.15, -0.1) is 0 Å². The van der Waals surface area contributed by atoms with Crippen LogP contribution in [0.15, 0.2) is 51.8 Å². The highest BCUT2D eigenvalue weighted by Crippen LogP contribution is 2.39. The minimum Gasteiger partial charge on any atom is -0.496 e. The summed E-state index contributed by atoms with van der Waals surface area (Å²) in [5, 5.41) is -0.353. The first kappa shape index (κ1) is 17.6. The van der Waals surface area contributed by atoms with Crippen LogP contribution in [-0.2, 0) is 4.79 Å². The summed E-state index contributed by atoms with van der Waals surface area (Å²) < 4.78 is 11.2. The lowest BCUT2D eigenvalue weighted by Gasteiger charge is -2.15. The highest BCUT2D eigenvalue weighted by Gasteiger charge is 2.37. The van der Waals surface area contributed by atoms with E-state index in [4.69, 9.17) is 9.47 Å². The second-order valence-corrected chi connectivity index (χ2v) is 6.93. The zero-order valence-electron chi connectivity index (χ0n) is 13.5. The number of anilines is 1. The summed E-state index contributed by atoms with van der Waals surface area (Å²) in [5.41, 5.74) is 1.23. The van der Waals surface area contributed by atoms with Crippen LogP contribution < -0.4 is 14.4 Å². The van der Waals surface area contributed by atoms with Crippen molar-refractivity contribution in [3.8, 4) is 11.5 Å². The molecule has 1 heterocycles. The summed E-state index contributed by atoms with van der Waals surface area (Å²) in [6.07, 6.45) is 1.69. The van der Waals surface area contributed by atoms with E-state index in [0.29, 0.717) is 22.1 Å². The molecule has 2 amide bonds. The highest BCUT2D eigenvalue weighted by atomic mass is 79.9. The summed E-state index contributed by atoms with van der Waals surface area (Å²) in [6.45, 7) is 0. The van der Waals surface area contributed by atoms with Gasteiger partial charge in [0.1, 0.15) is 11.5 Å². The molecule has 5 nitrogen and oxygen atoms in total. The van der Waals surface area contributed by atoms with E-state index >= 15 is 0 Å². The maximum absolute atomic E-state index is 12.7. The quantitative estimate of drug-likeness (QED) is 0.671. The second-order valence-electron chi connectivity index (χ2n) is 5.08. The maximum atomic E-state index is 12.7. The molecule has 0 radical (unpaired) electrons. The highest BCUT2D eigenvalue weighted by molar-refractivity contribution is 9.10. The van der Waals surface area contributed by atoms with Crippen LogP contribution in [0.4, 0.5) is 10.5 Å². The van der Waals surface area contributed by atoms with Crippen molar-refractivity contribution in [3.63, 3.8) is 0 Å². The van der Waals surface area contributed by atoms with E-state index in [-0.39, 0.29) is 11.1 Å². The van der Waals surface area contributed by atoms with Gasteiger partial charge in [-0.1, -0.05) is 18.2 Å². The number of thioether (sulfide) groups is 1. The van der Waals surface area contributed by atoms with E-state index in [1.54, 1.807) is 43.5 Å². The van der Waals surface area contributed by atoms with Crippen molar-refractivity contribution in [2.45, 2.75) is 0 Å². The van der Waals surface area contributed by atoms with Gasteiger partial charge in [0.05, 0.1) is 29.3 Å². The number of para-hydroxylation sites is 2. The number of hydrogen-bond donors (Lipinski definition) is 0. The first-order valence-electron chi connectivity index (χ1n) is 7.29. The zero-order valence-corrected chi connectivity index (χ0v) is 15.9. The number of nitrogens with zero attached hydrogens (tertiary/aromatic N) is 1. The number of methoxy groups -OCH3 is 2. The van der Waals surface area contributed by atoms with Crippen LogP contribution in [0.5, 0.6) is 11.5 Å². The molecule has 0 aliphatic carbocycles. The van der Waals surface area contributed by atoms with E-state index in [1.807, 2.05) is 12.1 Å². The van der Waals surface area contributed by atoms with E-state index in [9.17, 15) is 9.59 Å². The van der Waals surface area contributed by atoms with Crippen LogP contribution >= 0.6 is 27.7 Å². The Morgan fingerprint density at radius 2 is 1.76 bits per heavy atom. The van der Waals surface area contributed by atoms with Gasteiger partial charge in [0, 0.05) is 0 Å². The van der Waals surface area contributed by atoms with Crippen LogP contribution in [-0.4, -0.2) is 25.4 Å². The molecule has 0 atom stereocenters. The second kappa shape index (κ2) is 7.33. The lowest BCUT2D eigenvalue weighted by atomic mass is 10.2. The minimum atomic E-state index is -0.369. The maximum Gasteiger partial charge on any atom is 0.298 e. The Hall–Kier alpha value is -2.25. The molecule has 1 fully saturated rings. The van der Waals surface area contributed by atoms with Crippen molar-refractivity contribution in [1.29, 1.82) is 0 Å². The summed E-state index contributed by atoms with van der Waals surface area (Å²) in [4.78, 5) is 26.6. The number of amides is 2. The van der Waals surface area contributed by atoms with Crippen LogP contribution in [0.25, 0.3) is 6.08 Å². The third kappa shape index (κ3) is 3.43. The molecular formula is C18H14BrNO4S. The largest absolute Gasteiger partial charge is 0.496 e. The average molecular weight is 420 g/mol. The van der Waals surface area contributed by atoms with Gasteiger partial charge in [-0.3, -0.25) is 9.59 Å². The van der Waals surface area contributed by atoms with Crippen molar-refractivity contribution < 1.29 is 19.1 Å². The molecule has 0 N–H and O–H groups in total. The number of imide groups is 1. The Kier molecular flexibility index (Phi) is 5.15. The first-order valence-corrected chi connectivity index (χ1v) is 8.90. The van der Waals surface area contributed by atoms with Crippen molar-refractivity contribution >= 4 is 50.6 Å². The van der Waals surface area contributed by atoms with Gasteiger partial charge >= 0.3 is 0 Å². The van der Waals surface area contributed by atoms with Crippen LogP contribution in [0, 0.1) is 0 Å². The molecule has 2 aromatic carbocycles. The van der Waals surface area contributed by atoms with Gasteiger partial charge in [0.2, 0.25) is 0 Å². The number of hydrogen-bond acceptors (Lipinski definition) is 5. The molecule has 7 heteroatoms. The summed E-state index contributed by atoms with van der Waals surface area (Å²) in [5.74, 6) is 0.795. The molecule has 0 unspecified atom stereocenters. The molecule has 128 valence electrons. The van der Waals surface area contributed by atoms with E-state index in [2.05, 4.69) is 15.9 Å². The molecule has 2 aromatic rings. The number of halogens is 1. The topological polar surface area (TPSA) is 55.8 Å². The third-order valence-electron chi connectivity index (χ3n) is 3.59. The minimum absolute atomic E-state index is 0.353. The van der Waals surface area contributed by atoms with E-state index in [0.717, 1.165) is 26.7 Å². The van der Waals surface area contributed by atoms with Gasteiger partial charge < -0.3 is 9.47 Å². The van der Waals surface area contributed by atoms with Gasteiger partial charge in [0.15, 0.2) is 0 Å². The molecule has 3 rings (SSSR count). The SMILES string of the molecule is COc1ccc(C=C2SC(=O)N(c3ccccc3OC)C2=O)cc1Br. The Morgan fingerprint density at radius 1 is 1.04 bits per heavy atom. The van der Waals surface area contributed by atoms with Crippen molar-refractivity contribution in [3.05, 3.63) is 57.4 Å². The normalized spacial score (nSPS) is 15.8. The van der Waals surface area contributed by atoms with Gasteiger partial charge in [0.25, 0.3) is 11.1 Å². The fourth-order valence-corrected chi connectivity index (χ4v) is 3.81. The number of ether oxygens (including phenoxy) is 2. The fourth-order valence-electron chi connectivity index (χ4n) is 2.41. The Morgan fingerprint density at radius 3 is 2.44 bits per heavy atom. The summed E-state index contributed by atoms with van der Waals surface area (Å²) in [6, 6.07) is 12.4. The first-order chi connectivity index (χ1) is 12.0. The molecular weight excluding hydrogens is 406 g/mol. The average Bonchev–Trinajstić information content (AvgIpc) is 2.88. The number of benzene rings is 2. The Balaban J connectivity index is 1.95. The molecule has 1 aliphatic rings. The van der Waals surface area contributed by atoms with Gasteiger partial charge in [-0.25, -0.2) is 4.90 Å². The lowest BCUT2D eigenvalue weighted by molar-refractivity contribution is -0.113. The Bertz CT molecular complexity index is 881. The van der Waals surface area contributed by atoms with Crippen LogP contribution in [0.3, 0.4) is 0 Å². The summed E-state index contributed by atoms with van der Waals surface area (Å²) in [7, 11) is 3.08. The van der Waals surface area contributed by atoms with Crippen molar-refractivity contribution in [2.75, 3.05) is 19.1 Å². The van der Waals surface area contributed by atoms with E-state index < -0.39 is 0 Å². The predicted octanol–water partition coefficient (Wildman–Crippen LogP) is 4.71. The standard InChI is InChI=1S/C18H14BrNO4S/c1-23-14-8-7-11(9-12(14)19)10-16-17(21)20(18(22)25-16)13-5-3-4-6-15(13)24-2/h3-10H,1-2H3. The monoisotopic (exact) mass is 419 g/mol. The molecule has 0 aromatic heterocycles. The van der Waals surface area contributed by atoms with Gasteiger partial charge in [-0.2, -0.15) is 0 Å². The van der Waals surface area contributed by atoms with E-state index in [1.165, 1.54) is 7.11 Å². The number of rotatable bonds is 4. The number of carbonyl (C=O) groups is 2. The van der Waals surface area contributed by atoms with Gasteiger partial charge in [-0.05, 0) is 63.6 Å². The fraction of sp³-hybridized carbons (Fsp3) is 0.111.